The molecule has 0 spiro atoms. The molecule has 5 heteroatoms. The normalized spacial score (nSPS) is 10.1. The summed E-state index contributed by atoms with van der Waals surface area (Å²) in [4.78, 5) is 11.6. The lowest BCUT2D eigenvalue weighted by molar-refractivity contribution is 0.0946. The molecular formula is C10H12Cl2N2O. The van der Waals surface area contributed by atoms with Gasteiger partial charge >= 0.3 is 0 Å². The number of carbonyl (C=O) groups is 1. The van der Waals surface area contributed by atoms with Gasteiger partial charge in [0.25, 0.3) is 5.91 Å². The Hall–Kier alpha value is -0.930. The van der Waals surface area contributed by atoms with E-state index in [1.54, 1.807) is 23.8 Å². The Balaban J connectivity index is 2.74. The van der Waals surface area contributed by atoms with Crippen molar-refractivity contribution in [2.45, 2.75) is 6.42 Å². The first-order valence-corrected chi connectivity index (χ1v) is 5.23. The average Bonchev–Trinajstić information content (AvgIpc) is 2.46. The van der Waals surface area contributed by atoms with Crippen molar-refractivity contribution in [1.82, 2.24) is 9.88 Å². The van der Waals surface area contributed by atoms with Crippen LogP contribution in [-0.2, 0) is 7.05 Å². The number of carbonyl (C=O) groups excluding carboxylic acids is 1. The Labute approximate surface area is 98.7 Å². The first-order valence-electron chi connectivity index (χ1n) is 4.47. The number of nitrogens with one attached hydrogen (secondary N) is 1. The van der Waals surface area contributed by atoms with Crippen molar-refractivity contribution in [3.63, 3.8) is 0 Å². The molecule has 0 saturated heterocycles. The molecule has 0 bridgehead atoms. The van der Waals surface area contributed by atoms with E-state index >= 15 is 0 Å². The molecule has 3 nitrogen and oxygen atoms in total. The van der Waals surface area contributed by atoms with Crippen LogP contribution in [0.3, 0.4) is 0 Å². The number of amides is 1. The number of aromatic nitrogens is 1. The minimum Gasteiger partial charge on any atom is -0.350 e. The SMILES string of the molecule is C=CCCNC(=O)c1cc(Cl)c(Cl)n1C. The fraction of sp³-hybridized carbons (Fsp3) is 0.300. The molecule has 1 N–H and O–H groups in total. The van der Waals surface area contributed by atoms with Gasteiger partial charge in [-0.05, 0) is 12.5 Å². The predicted molar refractivity (Wildman–Crippen MR) is 62.6 cm³/mol. The van der Waals surface area contributed by atoms with Gasteiger partial charge in [-0.3, -0.25) is 4.79 Å². The summed E-state index contributed by atoms with van der Waals surface area (Å²) >= 11 is 11.6. The first-order chi connectivity index (χ1) is 7.07. The third-order valence-electron chi connectivity index (χ3n) is 1.98. The maximum Gasteiger partial charge on any atom is 0.268 e. The molecule has 1 rings (SSSR count). The van der Waals surface area contributed by atoms with Crippen LogP contribution in [0.4, 0.5) is 0 Å². The molecule has 0 atom stereocenters. The Morgan fingerprint density at radius 3 is 2.80 bits per heavy atom. The fourth-order valence-corrected chi connectivity index (χ4v) is 1.51. The molecular weight excluding hydrogens is 235 g/mol. The summed E-state index contributed by atoms with van der Waals surface area (Å²) in [6.45, 7) is 4.13. The van der Waals surface area contributed by atoms with Crippen LogP contribution in [0.15, 0.2) is 18.7 Å². The van der Waals surface area contributed by atoms with Gasteiger partial charge < -0.3 is 9.88 Å². The van der Waals surface area contributed by atoms with Crippen molar-refractivity contribution < 1.29 is 4.79 Å². The molecule has 0 aliphatic carbocycles. The largest absolute Gasteiger partial charge is 0.350 e. The van der Waals surface area contributed by atoms with Gasteiger partial charge in [-0.1, -0.05) is 29.3 Å². The lowest BCUT2D eigenvalue weighted by atomic mass is 10.3. The molecule has 1 aromatic rings. The summed E-state index contributed by atoms with van der Waals surface area (Å²) in [5.74, 6) is -0.187. The predicted octanol–water partition coefficient (Wildman–Crippen LogP) is 2.64. The summed E-state index contributed by atoms with van der Waals surface area (Å²) in [6.07, 6.45) is 2.48. The van der Waals surface area contributed by atoms with Gasteiger partial charge in [0.15, 0.2) is 0 Å². The van der Waals surface area contributed by atoms with E-state index in [1.807, 2.05) is 0 Å². The quantitative estimate of drug-likeness (QED) is 0.644. The van der Waals surface area contributed by atoms with Crippen molar-refractivity contribution in [3.8, 4) is 0 Å². The van der Waals surface area contributed by atoms with E-state index in [4.69, 9.17) is 23.2 Å². The number of halogens is 2. The van der Waals surface area contributed by atoms with E-state index < -0.39 is 0 Å². The van der Waals surface area contributed by atoms with Crippen LogP contribution >= 0.6 is 23.2 Å². The standard InChI is InChI=1S/C10H12Cl2N2O/c1-3-4-5-13-10(15)8-6-7(11)9(12)14(8)2/h3,6H,1,4-5H2,2H3,(H,13,15). The van der Waals surface area contributed by atoms with Crippen LogP contribution in [0.2, 0.25) is 10.2 Å². The van der Waals surface area contributed by atoms with E-state index in [2.05, 4.69) is 11.9 Å². The second-order valence-electron chi connectivity index (χ2n) is 3.06. The highest BCUT2D eigenvalue weighted by Crippen LogP contribution is 2.24. The molecule has 15 heavy (non-hydrogen) atoms. The zero-order chi connectivity index (χ0) is 11.4. The Morgan fingerprint density at radius 2 is 2.33 bits per heavy atom. The summed E-state index contributed by atoms with van der Waals surface area (Å²) in [5, 5.41) is 3.48. The maximum absolute atomic E-state index is 11.6. The molecule has 0 unspecified atom stereocenters. The van der Waals surface area contributed by atoms with Crippen LogP contribution < -0.4 is 5.32 Å². The van der Waals surface area contributed by atoms with Gasteiger partial charge in [0, 0.05) is 13.6 Å². The first kappa shape index (κ1) is 12.1. The second-order valence-corrected chi connectivity index (χ2v) is 3.83. The van der Waals surface area contributed by atoms with E-state index in [1.165, 1.54) is 0 Å². The van der Waals surface area contributed by atoms with E-state index in [9.17, 15) is 4.79 Å². The minimum absolute atomic E-state index is 0.187. The fourth-order valence-electron chi connectivity index (χ4n) is 1.14. The Morgan fingerprint density at radius 1 is 1.67 bits per heavy atom. The maximum atomic E-state index is 11.6. The van der Waals surface area contributed by atoms with Crippen LogP contribution in [0.25, 0.3) is 0 Å². The highest BCUT2D eigenvalue weighted by molar-refractivity contribution is 6.41. The zero-order valence-electron chi connectivity index (χ0n) is 8.39. The van der Waals surface area contributed by atoms with Gasteiger partial charge in [-0.15, -0.1) is 6.58 Å². The van der Waals surface area contributed by atoms with E-state index in [0.717, 1.165) is 6.42 Å². The van der Waals surface area contributed by atoms with Crippen molar-refractivity contribution >= 4 is 29.1 Å². The number of rotatable bonds is 4. The molecule has 0 radical (unpaired) electrons. The third-order valence-corrected chi connectivity index (χ3v) is 2.83. The zero-order valence-corrected chi connectivity index (χ0v) is 9.90. The molecule has 82 valence electrons. The topological polar surface area (TPSA) is 34.0 Å². The Kier molecular flexibility index (Phi) is 4.24. The molecule has 0 saturated carbocycles. The van der Waals surface area contributed by atoms with Crippen LogP contribution in [0.1, 0.15) is 16.9 Å². The van der Waals surface area contributed by atoms with Crippen LogP contribution in [0.5, 0.6) is 0 Å². The lowest BCUT2D eigenvalue weighted by Gasteiger charge is -2.04. The number of hydrogen-bond donors (Lipinski definition) is 1. The monoisotopic (exact) mass is 246 g/mol. The molecule has 1 amide bonds. The molecule has 0 aliphatic rings. The van der Waals surface area contributed by atoms with Gasteiger partial charge in [-0.2, -0.15) is 0 Å². The summed E-state index contributed by atoms with van der Waals surface area (Å²) in [7, 11) is 1.69. The molecule has 1 aromatic heterocycles. The molecule has 0 aliphatic heterocycles. The van der Waals surface area contributed by atoms with E-state index in [-0.39, 0.29) is 5.91 Å². The van der Waals surface area contributed by atoms with Gasteiger partial charge in [-0.25, -0.2) is 0 Å². The summed E-state index contributed by atoms with van der Waals surface area (Å²) in [6, 6.07) is 1.55. The Bertz CT molecular complexity index is 385. The van der Waals surface area contributed by atoms with Gasteiger partial charge in [0.2, 0.25) is 0 Å². The van der Waals surface area contributed by atoms with Crippen molar-refractivity contribution in [3.05, 3.63) is 34.6 Å². The van der Waals surface area contributed by atoms with Gasteiger partial charge in [0.1, 0.15) is 10.8 Å². The van der Waals surface area contributed by atoms with Gasteiger partial charge in [0.05, 0.1) is 5.02 Å². The highest BCUT2D eigenvalue weighted by Gasteiger charge is 2.14. The van der Waals surface area contributed by atoms with Crippen molar-refractivity contribution in [2.24, 2.45) is 7.05 Å². The number of nitrogens with zero attached hydrogens (tertiary/aromatic N) is 1. The van der Waals surface area contributed by atoms with E-state index in [0.29, 0.717) is 22.4 Å². The van der Waals surface area contributed by atoms with Crippen LogP contribution in [0, 0.1) is 0 Å². The highest BCUT2D eigenvalue weighted by atomic mass is 35.5. The lowest BCUT2D eigenvalue weighted by Crippen LogP contribution is -2.26. The molecule has 0 aromatic carbocycles. The smallest absolute Gasteiger partial charge is 0.268 e. The second kappa shape index (κ2) is 5.24. The third kappa shape index (κ3) is 2.76. The number of hydrogen-bond acceptors (Lipinski definition) is 1. The molecule has 0 fully saturated rings. The van der Waals surface area contributed by atoms with Crippen LogP contribution in [-0.4, -0.2) is 17.0 Å². The molecule has 1 heterocycles. The average molecular weight is 247 g/mol. The summed E-state index contributed by atoms with van der Waals surface area (Å²) < 4.78 is 1.55. The van der Waals surface area contributed by atoms with Crippen molar-refractivity contribution in [1.29, 1.82) is 0 Å². The van der Waals surface area contributed by atoms with Crippen molar-refractivity contribution in [2.75, 3.05) is 6.54 Å². The summed E-state index contributed by atoms with van der Waals surface area (Å²) in [5.41, 5.74) is 0.453. The minimum atomic E-state index is -0.187.